The number of amides is 2. The van der Waals surface area contributed by atoms with Gasteiger partial charge in [-0.3, -0.25) is 14.4 Å². The Bertz CT molecular complexity index is 796. The van der Waals surface area contributed by atoms with Crippen LogP contribution in [0.25, 0.3) is 6.08 Å². The average molecular weight is 364 g/mol. The SMILES string of the molecule is Cc1ccc(C(=O)CCC(=O)NCCNC(=O)/C=C/c2ccccc2)cc1. The van der Waals surface area contributed by atoms with Gasteiger partial charge in [-0.15, -0.1) is 0 Å². The Hall–Kier alpha value is -3.21. The monoisotopic (exact) mass is 364 g/mol. The van der Waals surface area contributed by atoms with Crippen molar-refractivity contribution >= 4 is 23.7 Å². The van der Waals surface area contributed by atoms with Gasteiger partial charge in [0.1, 0.15) is 0 Å². The molecule has 0 saturated carbocycles. The third kappa shape index (κ3) is 7.69. The second-order valence-electron chi connectivity index (χ2n) is 6.17. The predicted octanol–water partition coefficient (Wildman–Crippen LogP) is 2.90. The molecule has 0 aliphatic carbocycles. The molecule has 140 valence electrons. The van der Waals surface area contributed by atoms with Crippen LogP contribution in [-0.2, 0) is 9.59 Å². The summed E-state index contributed by atoms with van der Waals surface area (Å²) in [6.45, 7) is 2.61. The molecule has 0 aliphatic rings. The molecular weight excluding hydrogens is 340 g/mol. The van der Waals surface area contributed by atoms with Crippen LogP contribution in [0.2, 0.25) is 0 Å². The molecule has 0 heterocycles. The molecule has 0 unspecified atom stereocenters. The normalized spacial score (nSPS) is 10.6. The van der Waals surface area contributed by atoms with Crippen molar-refractivity contribution in [2.75, 3.05) is 13.1 Å². The van der Waals surface area contributed by atoms with Crippen LogP contribution in [0.5, 0.6) is 0 Å². The first kappa shape index (κ1) is 20.1. The van der Waals surface area contributed by atoms with Gasteiger partial charge >= 0.3 is 0 Å². The molecule has 0 aliphatic heterocycles. The number of hydrogen-bond acceptors (Lipinski definition) is 3. The summed E-state index contributed by atoms with van der Waals surface area (Å²) in [6, 6.07) is 16.8. The third-order valence-electron chi connectivity index (χ3n) is 3.93. The van der Waals surface area contributed by atoms with E-state index in [-0.39, 0.29) is 30.4 Å². The van der Waals surface area contributed by atoms with E-state index >= 15 is 0 Å². The topological polar surface area (TPSA) is 75.3 Å². The van der Waals surface area contributed by atoms with E-state index in [1.165, 1.54) is 6.08 Å². The predicted molar refractivity (Wildman–Crippen MR) is 106 cm³/mol. The molecule has 0 atom stereocenters. The molecular formula is C22H24N2O3. The smallest absolute Gasteiger partial charge is 0.244 e. The Morgan fingerprint density at radius 1 is 0.852 bits per heavy atom. The summed E-state index contributed by atoms with van der Waals surface area (Å²) >= 11 is 0. The number of benzene rings is 2. The average Bonchev–Trinajstić information content (AvgIpc) is 2.69. The zero-order chi connectivity index (χ0) is 19.5. The van der Waals surface area contributed by atoms with Crippen molar-refractivity contribution in [3.8, 4) is 0 Å². The van der Waals surface area contributed by atoms with Gasteiger partial charge in [0, 0.05) is 37.6 Å². The standard InChI is InChI=1S/C22H24N2O3/c1-17-7-10-19(11-8-17)20(25)12-14-22(27)24-16-15-23-21(26)13-9-18-5-3-2-4-6-18/h2-11,13H,12,14-16H2,1H3,(H,23,26)(H,24,27)/b13-9+. The van der Waals surface area contributed by atoms with Crippen LogP contribution in [-0.4, -0.2) is 30.7 Å². The van der Waals surface area contributed by atoms with E-state index in [1.807, 2.05) is 49.4 Å². The summed E-state index contributed by atoms with van der Waals surface area (Å²) in [4.78, 5) is 35.5. The van der Waals surface area contributed by atoms with E-state index in [9.17, 15) is 14.4 Å². The number of rotatable bonds is 9. The van der Waals surface area contributed by atoms with E-state index in [0.717, 1.165) is 11.1 Å². The number of Topliss-reactive ketones (excluding diaryl/α,β-unsaturated/α-hetero) is 1. The zero-order valence-corrected chi connectivity index (χ0v) is 15.4. The molecule has 0 bridgehead atoms. The fraction of sp³-hybridized carbons (Fsp3) is 0.227. The summed E-state index contributed by atoms with van der Waals surface area (Å²) in [5.74, 6) is -0.475. The van der Waals surface area contributed by atoms with Gasteiger partial charge in [0.05, 0.1) is 0 Å². The number of carbonyl (C=O) groups excluding carboxylic acids is 3. The number of aryl methyl sites for hydroxylation is 1. The fourth-order valence-electron chi connectivity index (χ4n) is 2.38. The van der Waals surface area contributed by atoms with E-state index < -0.39 is 0 Å². The lowest BCUT2D eigenvalue weighted by Crippen LogP contribution is -2.34. The molecule has 27 heavy (non-hydrogen) atoms. The second-order valence-corrected chi connectivity index (χ2v) is 6.17. The molecule has 2 N–H and O–H groups in total. The number of carbonyl (C=O) groups is 3. The Morgan fingerprint density at radius 2 is 1.52 bits per heavy atom. The maximum absolute atomic E-state index is 12.0. The lowest BCUT2D eigenvalue weighted by atomic mass is 10.1. The van der Waals surface area contributed by atoms with Gasteiger partial charge in [0.25, 0.3) is 0 Å². The lowest BCUT2D eigenvalue weighted by molar-refractivity contribution is -0.121. The van der Waals surface area contributed by atoms with Crippen molar-refractivity contribution in [3.63, 3.8) is 0 Å². The van der Waals surface area contributed by atoms with E-state index in [2.05, 4.69) is 10.6 Å². The summed E-state index contributed by atoms with van der Waals surface area (Å²) in [7, 11) is 0. The van der Waals surface area contributed by atoms with E-state index in [0.29, 0.717) is 18.7 Å². The highest BCUT2D eigenvalue weighted by Gasteiger charge is 2.09. The quantitative estimate of drug-likeness (QED) is 0.408. The highest BCUT2D eigenvalue weighted by atomic mass is 16.2. The summed E-state index contributed by atoms with van der Waals surface area (Å²) in [6.07, 6.45) is 3.48. The molecule has 2 aromatic rings. The number of hydrogen-bond donors (Lipinski definition) is 2. The zero-order valence-electron chi connectivity index (χ0n) is 15.4. The van der Waals surface area contributed by atoms with Gasteiger partial charge in [0.2, 0.25) is 11.8 Å². The first-order valence-corrected chi connectivity index (χ1v) is 8.92. The minimum Gasteiger partial charge on any atom is -0.354 e. The maximum atomic E-state index is 12.0. The lowest BCUT2D eigenvalue weighted by Gasteiger charge is -2.06. The Morgan fingerprint density at radius 3 is 2.22 bits per heavy atom. The van der Waals surface area contributed by atoms with Crippen molar-refractivity contribution < 1.29 is 14.4 Å². The van der Waals surface area contributed by atoms with Crippen LogP contribution in [0.1, 0.15) is 34.3 Å². The summed E-state index contributed by atoms with van der Waals surface area (Å²) in [5.41, 5.74) is 2.65. The van der Waals surface area contributed by atoms with Gasteiger partial charge in [-0.1, -0.05) is 60.2 Å². The van der Waals surface area contributed by atoms with Gasteiger partial charge in [-0.05, 0) is 18.6 Å². The molecule has 2 amide bonds. The molecule has 0 spiro atoms. The largest absolute Gasteiger partial charge is 0.354 e. The molecule has 2 aromatic carbocycles. The van der Waals surface area contributed by atoms with Crippen LogP contribution < -0.4 is 10.6 Å². The molecule has 0 fully saturated rings. The Labute approximate surface area is 159 Å². The minimum atomic E-state index is -0.220. The molecule has 5 nitrogen and oxygen atoms in total. The highest BCUT2D eigenvalue weighted by Crippen LogP contribution is 2.07. The fourth-order valence-corrected chi connectivity index (χ4v) is 2.38. The third-order valence-corrected chi connectivity index (χ3v) is 3.93. The van der Waals surface area contributed by atoms with Crippen molar-refractivity contribution in [1.29, 1.82) is 0 Å². The maximum Gasteiger partial charge on any atom is 0.244 e. The van der Waals surface area contributed by atoms with Crippen LogP contribution >= 0.6 is 0 Å². The van der Waals surface area contributed by atoms with Crippen molar-refractivity contribution in [1.82, 2.24) is 10.6 Å². The van der Waals surface area contributed by atoms with Crippen LogP contribution in [0.15, 0.2) is 60.7 Å². The van der Waals surface area contributed by atoms with Gasteiger partial charge < -0.3 is 10.6 Å². The van der Waals surface area contributed by atoms with Crippen molar-refractivity contribution in [2.24, 2.45) is 0 Å². The van der Waals surface area contributed by atoms with Crippen LogP contribution in [0.4, 0.5) is 0 Å². The molecule has 0 radical (unpaired) electrons. The van der Waals surface area contributed by atoms with Crippen LogP contribution in [0.3, 0.4) is 0 Å². The van der Waals surface area contributed by atoms with Gasteiger partial charge in [0.15, 0.2) is 5.78 Å². The Balaban J connectivity index is 1.60. The molecule has 2 rings (SSSR count). The molecule has 0 aromatic heterocycles. The summed E-state index contributed by atoms with van der Waals surface area (Å²) in [5, 5.41) is 5.39. The minimum absolute atomic E-state index is 0.0514. The highest BCUT2D eigenvalue weighted by molar-refractivity contribution is 5.98. The van der Waals surface area contributed by atoms with Crippen LogP contribution in [0, 0.1) is 6.92 Å². The van der Waals surface area contributed by atoms with Gasteiger partial charge in [-0.25, -0.2) is 0 Å². The van der Waals surface area contributed by atoms with Crippen molar-refractivity contribution in [3.05, 3.63) is 77.4 Å². The first-order valence-electron chi connectivity index (χ1n) is 8.92. The number of nitrogens with one attached hydrogen (secondary N) is 2. The van der Waals surface area contributed by atoms with Gasteiger partial charge in [-0.2, -0.15) is 0 Å². The number of ketones is 1. The van der Waals surface area contributed by atoms with E-state index in [4.69, 9.17) is 0 Å². The molecule has 0 saturated heterocycles. The van der Waals surface area contributed by atoms with E-state index in [1.54, 1.807) is 18.2 Å². The Kier molecular flexibility index (Phi) is 7.97. The van der Waals surface area contributed by atoms with Crippen molar-refractivity contribution in [2.45, 2.75) is 19.8 Å². The second kappa shape index (κ2) is 10.7. The summed E-state index contributed by atoms with van der Waals surface area (Å²) < 4.78 is 0. The first-order chi connectivity index (χ1) is 13.0. The molecule has 5 heteroatoms.